The van der Waals surface area contributed by atoms with Gasteiger partial charge < -0.3 is 65.5 Å². The molecule has 0 bridgehead atoms. The first-order valence-corrected chi connectivity index (χ1v) is 25.1. The SMILES string of the molecule is CSCC[C@H](NC(=O)[C@@H]1CCCN1C(=O)[C@H]1CSSC[C@H](N)C(=O)NCC(=O)N[C@@H](CCCN=C(N)N)C(=O)N[C@@H](CC(C)C)C(=O)N[C@@H](CCCN=C(N)N)C(=O)N1)C(=O)NC(C)=O. The minimum absolute atomic E-state index is 0.0119. The molecule has 7 atom stereocenters. The maximum absolute atomic E-state index is 14.5. The van der Waals surface area contributed by atoms with Crippen LogP contribution in [0, 0.1) is 5.92 Å². The van der Waals surface area contributed by atoms with Crippen molar-refractivity contribution in [1.29, 1.82) is 0 Å². The van der Waals surface area contributed by atoms with Crippen molar-refractivity contribution in [1.82, 2.24) is 42.1 Å². The van der Waals surface area contributed by atoms with Gasteiger partial charge in [-0.25, -0.2) is 0 Å². The Morgan fingerprint density at radius 1 is 0.831 bits per heavy atom. The quantitative estimate of drug-likeness (QED) is 0.0285. The fraction of sp³-hybridized carbons (Fsp3) is 0.711. The highest BCUT2D eigenvalue weighted by Crippen LogP contribution is 2.26. The monoisotopic (exact) mass is 973 g/mol. The highest BCUT2D eigenvalue weighted by molar-refractivity contribution is 8.76. The van der Waals surface area contributed by atoms with Crippen molar-refractivity contribution in [2.24, 2.45) is 44.6 Å². The maximum atomic E-state index is 14.5. The third kappa shape index (κ3) is 21.2. The summed E-state index contributed by atoms with van der Waals surface area (Å²) in [6.07, 6.45) is 3.31. The molecule has 0 spiro atoms. The summed E-state index contributed by atoms with van der Waals surface area (Å²) >= 11 is 1.44. The van der Waals surface area contributed by atoms with Crippen LogP contribution in [0.4, 0.5) is 0 Å². The molecule has 0 unspecified atom stereocenters. The smallest absolute Gasteiger partial charge is 0.249 e. The fourth-order valence-corrected chi connectivity index (χ4v) is 9.38. The molecule has 9 amide bonds. The summed E-state index contributed by atoms with van der Waals surface area (Å²) < 4.78 is 0. The molecule has 366 valence electrons. The van der Waals surface area contributed by atoms with Gasteiger partial charge in [0.1, 0.15) is 36.3 Å². The molecule has 0 aliphatic carbocycles. The van der Waals surface area contributed by atoms with Crippen LogP contribution in [-0.4, -0.2) is 162 Å². The number of likely N-dealkylation sites (tertiary alicyclic amines) is 1. The molecule has 2 heterocycles. The minimum atomic E-state index is -1.29. The van der Waals surface area contributed by atoms with Gasteiger partial charge in [0, 0.05) is 38.1 Å². The van der Waals surface area contributed by atoms with Crippen molar-refractivity contribution in [3.8, 4) is 0 Å². The number of guanidine groups is 2. The number of aliphatic imine (C=N–C) groups is 2. The number of hydrogen-bond donors (Lipinski definition) is 12. The number of amides is 9. The number of carbonyl (C=O) groups excluding carboxylic acids is 9. The van der Waals surface area contributed by atoms with E-state index in [4.69, 9.17) is 28.7 Å². The molecule has 0 aromatic heterocycles. The number of nitrogens with one attached hydrogen (secondary N) is 7. The molecule has 65 heavy (non-hydrogen) atoms. The zero-order valence-electron chi connectivity index (χ0n) is 37.4. The first-order valence-electron chi connectivity index (χ1n) is 21.2. The first kappa shape index (κ1) is 56.1. The Morgan fingerprint density at radius 2 is 1.40 bits per heavy atom. The third-order valence-electron chi connectivity index (χ3n) is 9.84. The largest absolute Gasteiger partial charge is 0.370 e. The van der Waals surface area contributed by atoms with Gasteiger partial charge in [-0.3, -0.25) is 58.5 Å². The molecule has 24 nitrogen and oxygen atoms in total. The van der Waals surface area contributed by atoms with Gasteiger partial charge in [-0.15, -0.1) is 0 Å². The lowest BCUT2D eigenvalue weighted by Crippen LogP contribution is -2.60. The van der Waals surface area contributed by atoms with Gasteiger partial charge in [-0.2, -0.15) is 11.8 Å². The lowest BCUT2D eigenvalue weighted by atomic mass is 10.0. The van der Waals surface area contributed by atoms with E-state index in [1.54, 1.807) is 0 Å². The first-order chi connectivity index (χ1) is 30.7. The van der Waals surface area contributed by atoms with Crippen LogP contribution in [0.5, 0.6) is 0 Å². The molecule has 2 rings (SSSR count). The summed E-state index contributed by atoms with van der Waals surface area (Å²) in [7, 11) is 2.23. The molecule has 2 saturated heterocycles. The van der Waals surface area contributed by atoms with E-state index >= 15 is 0 Å². The van der Waals surface area contributed by atoms with Gasteiger partial charge in [0.25, 0.3) is 0 Å². The van der Waals surface area contributed by atoms with E-state index in [1.165, 1.54) is 23.6 Å². The molecule has 0 radical (unpaired) electrons. The number of hydrogen-bond acceptors (Lipinski definition) is 15. The zero-order valence-corrected chi connectivity index (χ0v) is 39.8. The molecule has 0 aromatic rings. The van der Waals surface area contributed by atoms with Crippen LogP contribution in [0.3, 0.4) is 0 Å². The van der Waals surface area contributed by atoms with E-state index in [0.29, 0.717) is 12.2 Å². The van der Waals surface area contributed by atoms with Crippen molar-refractivity contribution in [3.05, 3.63) is 0 Å². The summed E-state index contributed by atoms with van der Waals surface area (Å²) in [6.45, 7) is 4.65. The van der Waals surface area contributed by atoms with Gasteiger partial charge >= 0.3 is 0 Å². The Kier molecular flexibility index (Phi) is 25.5. The summed E-state index contributed by atoms with van der Waals surface area (Å²) in [6, 6.07) is -8.17. The van der Waals surface area contributed by atoms with Crippen LogP contribution in [0.1, 0.15) is 72.1 Å². The second kappa shape index (κ2) is 29.5. The van der Waals surface area contributed by atoms with E-state index in [1.807, 2.05) is 20.1 Å². The van der Waals surface area contributed by atoms with Crippen LogP contribution in [0.25, 0.3) is 0 Å². The van der Waals surface area contributed by atoms with Gasteiger partial charge in [-0.05, 0) is 69.3 Å². The van der Waals surface area contributed by atoms with Crippen LogP contribution >= 0.6 is 33.3 Å². The van der Waals surface area contributed by atoms with Gasteiger partial charge in [-0.1, -0.05) is 35.4 Å². The lowest BCUT2D eigenvalue weighted by Gasteiger charge is -2.31. The Balaban J connectivity index is 2.54. The Hall–Kier alpha value is -5.02. The lowest BCUT2D eigenvalue weighted by molar-refractivity contribution is -0.142. The summed E-state index contributed by atoms with van der Waals surface area (Å²) in [4.78, 5) is 130. The predicted octanol–water partition coefficient (Wildman–Crippen LogP) is -4.19. The van der Waals surface area contributed by atoms with E-state index in [9.17, 15) is 43.2 Å². The average molecular weight is 974 g/mol. The van der Waals surface area contributed by atoms with Crippen molar-refractivity contribution in [3.63, 3.8) is 0 Å². The van der Waals surface area contributed by atoms with Crippen molar-refractivity contribution >= 4 is 98.4 Å². The van der Waals surface area contributed by atoms with Crippen LogP contribution in [-0.2, 0) is 43.2 Å². The minimum Gasteiger partial charge on any atom is -0.370 e. The van der Waals surface area contributed by atoms with Crippen molar-refractivity contribution in [2.45, 2.75) is 114 Å². The maximum Gasteiger partial charge on any atom is 0.249 e. The second-order valence-corrected chi connectivity index (χ2v) is 19.3. The van der Waals surface area contributed by atoms with Gasteiger partial charge in [0.05, 0.1) is 12.6 Å². The van der Waals surface area contributed by atoms with Crippen LogP contribution in [0.15, 0.2) is 9.98 Å². The standard InChI is InChI=1S/C38H67N15O9S3/c1-20(2)16-26-34(60)49-24(9-6-13-45-38(42)43)33(59)52-27(36(62)53-14-7-10-28(53)35(61)50-25(11-15-63-4)31(57)47-21(3)54)19-65-64-18-22(39)30(56)46-17-29(55)48-23(32(58)51-26)8-5-12-44-37(40)41/h20,22-28H,5-19,39H2,1-4H3,(H,46,56)(H,48,55)(H,49,60)(H,50,61)(H,51,58)(H,52,59)(H4,40,41,44)(H4,42,43,45)(H,47,54,57)/t22-,23-,24-,25-,26-,27+,28-/m0/s1. The van der Waals surface area contributed by atoms with E-state index < -0.39 is 102 Å². The topological polar surface area (TPSA) is 396 Å². The Labute approximate surface area is 391 Å². The van der Waals surface area contributed by atoms with Crippen molar-refractivity contribution in [2.75, 3.05) is 49.7 Å². The molecule has 2 aliphatic heterocycles. The van der Waals surface area contributed by atoms with Crippen LogP contribution in [0.2, 0.25) is 0 Å². The summed E-state index contributed by atoms with van der Waals surface area (Å²) in [5.41, 5.74) is 28.0. The number of rotatable bonds is 17. The number of imide groups is 1. The second-order valence-electron chi connectivity index (χ2n) is 15.8. The number of nitrogens with two attached hydrogens (primary N) is 5. The van der Waals surface area contributed by atoms with E-state index in [-0.39, 0.29) is 93.9 Å². The highest BCUT2D eigenvalue weighted by Gasteiger charge is 2.40. The fourth-order valence-electron chi connectivity index (χ4n) is 6.63. The molecule has 27 heteroatoms. The number of thioether (sulfide) groups is 1. The normalized spacial score (nSPS) is 23.4. The molecule has 2 aliphatic rings. The summed E-state index contributed by atoms with van der Waals surface area (Å²) in [5, 5.41) is 18.1. The Bertz CT molecular complexity index is 1730. The third-order valence-corrected chi connectivity index (χ3v) is 12.9. The zero-order chi connectivity index (χ0) is 48.6. The molecule has 0 saturated carbocycles. The number of carbonyl (C=O) groups is 9. The molecule has 0 aromatic carbocycles. The van der Waals surface area contributed by atoms with E-state index in [0.717, 1.165) is 21.6 Å². The Morgan fingerprint density at radius 3 is 1.98 bits per heavy atom. The highest BCUT2D eigenvalue weighted by atomic mass is 33.1. The predicted molar refractivity (Wildman–Crippen MR) is 251 cm³/mol. The van der Waals surface area contributed by atoms with E-state index in [2.05, 4.69) is 47.2 Å². The molecular formula is C38H67N15O9S3. The summed E-state index contributed by atoms with van der Waals surface area (Å²) in [5.74, 6) is -6.24. The average Bonchev–Trinajstić information content (AvgIpc) is 3.73. The number of nitrogens with zero attached hydrogens (tertiary/aromatic N) is 3. The molecular weight excluding hydrogens is 907 g/mol. The van der Waals surface area contributed by atoms with Gasteiger partial charge in [0.15, 0.2) is 11.9 Å². The van der Waals surface area contributed by atoms with Gasteiger partial charge in [0.2, 0.25) is 53.2 Å². The molecule has 17 N–H and O–H groups in total. The van der Waals surface area contributed by atoms with Crippen LogP contribution < -0.4 is 65.9 Å². The molecule has 2 fully saturated rings. The van der Waals surface area contributed by atoms with Crippen molar-refractivity contribution < 1.29 is 43.2 Å².